The summed E-state index contributed by atoms with van der Waals surface area (Å²) in [5, 5.41) is 7.53. The summed E-state index contributed by atoms with van der Waals surface area (Å²) in [5.41, 5.74) is 2.44. The fraction of sp³-hybridized carbons (Fsp3) is 0.357. The minimum atomic E-state index is -0.206. The molecule has 0 aliphatic heterocycles. The molecule has 18 heavy (non-hydrogen) atoms. The topological polar surface area (TPSA) is 29.9 Å². The molecule has 96 valence electrons. The number of nitrogens with zero attached hydrogens (tertiary/aromatic N) is 2. The molecule has 1 heterocycles. The second-order valence-electron chi connectivity index (χ2n) is 4.33. The lowest BCUT2D eigenvalue weighted by Crippen LogP contribution is -2.08. The van der Waals surface area contributed by atoms with Gasteiger partial charge < -0.3 is 5.32 Å². The van der Waals surface area contributed by atoms with Crippen molar-refractivity contribution in [2.24, 2.45) is 7.05 Å². The molecular formula is C14H18FN3. The number of aryl methyl sites for hydroxylation is 2. The van der Waals surface area contributed by atoms with E-state index in [9.17, 15) is 4.39 Å². The molecule has 2 aromatic rings. The van der Waals surface area contributed by atoms with Crippen LogP contribution in [0.5, 0.6) is 0 Å². The van der Waals surface area contributed by atoms with E-state index in [0.717, 1.165) is 30.8 Å². The van der Waals surface area contributed by atoms with E-state index in [0.29, 0.717) is 5.56 Å². The van der Waals surface area contributed by atoms with Crippen LogP contribution < -0.4 is 5.32 Å². The van der Waals surface area contributed by atoms with Gasteiger partial charge in [0.2, 0.25) is 0 Å². The molecule has 0 atom stereocenters. The highest BCUT2D eigenvalue weighted by atomic mass is 19.1. The highest BCUT2D eigenvalue weighted by Crippen LogP contribution is 2.23. The Hall–Kier alpha value is -1.68. The third kappa shape index (κ3) is 2.76. The highest BCUT2D eigenvalue weighted by Gasteiger charge is 2.10. The predicted octanol–water partition coefficient (Wildman–Crippen LogP) is 2.38. The smallest absolute Gasteiger partial charge is 0.132 e. The van der Waals surface area contributed by atoms with Gasteiger partial charge in [-0.05, 0) is 44.6 Å². The molecule has 0 bridgehead atoms. The third-order valence-electron chi connectivity index (χ3n) is 2.94. The summed E-state index contributed by atoms with van der Waals surface area (Å²) in [6.45, 7) is 0.964. The van der Waals surface area contributed by atoms with Crippen LogP contribution in [0.4, 0.5) is 4.39 Å². The second kappa shape index (κ2) is 5.78. The van der Waals surface area contributed by atoms with Gasteiger partial charge >= 0.3 is 0 Å². The molecule has 3 nitrogen and oxygen atoms in total. The maximum absolute atomic E-state index is 13.7. The molecule has 0 saturated heterocycles. The molecule has 0 amide bonds. The number of rotatable bonds is 5. The van der Waals surface area contributed by atoms with E-state index in [1.54, 1.807) is 16.8 Å². The minimum Gasteiger partial charge on any atom is -0.320 e. The van der Waals surface area contributed by atoms with Crippen molar-refractivity contribution in [3.8, 4) is 11.3 Å². The maximum atomic E-state index is 13.7. The number of aromatic nitrogens is 2. The van der Waals surface area contributed by atoms with Crippen molar-refractivity contribution < 1.29 is 4.39 Å². The molecule has 0 radical (unpaired) electrons. The quantitative estimate of drug-likeness (QED) is 0.822. The van der Waals surface area contributed by atoms with Gasteiger partial charge in [0, 0.05) is 12.6 Å². The van der Waals surface area contributed by atoms with Crippen LogP contribution in [0.1, 0.15) is 12.1 Å². The number of benzene rings is 1. The summed E-state index contributed by atoms with van der Waals surface area (Å²) in [4.78, 5) is 0. The average Bonchev–Trinajstić information content (AvgIpc) is 2.71. The monoisotopic (exact) mass is 247 g/mol. The van der Waals surface area contributed by atoms with Gasteiger partial charge in [-0.25, -0.2) is 4.39 Å². The molecular weight excluding hydrogens is 229 g/mol. The number of nitrogens with one attached hydrogen (secondary N) is 1. The number of hydrogen-bond acceptors (Lipinski definition) is 2. The zero-order chi connectivity index (χ0) is 13.0. The van der Waals surface area contributed by atoms with Crippen LogP contribution in [0.3, 0.4) is 0 Å². The van der Waals surface area contributed by atoms with E-state index in [4.69, 9.17) is 0 Å². The molecule has 1 aromatic carbocycles. The zero-order valence-corrected chi connectivity index (χ0v) is 10.8. The van der Waals surface area contributed by atoms with Gasteiger partial charge in [0.05, 0.1) is 11.4 Å². The standard InChI is InChI=1S/C14H18FN3/c1-16-9-5-6-11-10-14(18(2)17-11)12-7-3-4-8-13(12)15/h3-4,7-8,10,16H,5-6,9H2,1-2H3. The first kappa shape index (κ1) is 12.8. The molecule has 0 spiro atoms. The number of halogens is 1. The van der Waals surface area contributed by atoms with Crippen molar-refractivity contribution in [2.45, 2.75) is 12.8 Å². The Kier molecular flexibility index (Phi) is 4.10. The van der Waals surface area contributed by atoms with Crippen LogP contribution in [0, 0.1) is 5.82 Å². The lowest BCUT2D eigenvalue weighted by Gasteiger charge is -2.02. The van der Waals surface area contributed by atoms with Crippen molar-refractivity contribution in [2.75, 3.05) is 13.6 Å². The Morgan fingerprint density at radius 3 is 2.83 bits per heavy atom. The van der Waals surface area contributed by atoms with E-state index in [1.165, 1.54) is 6.07 Å². The molecule has 0 aliphatic carbocycles. The first-order chi connectivity index (χ1) is 8.72. The Balaban J connectivity index is 2.22. The van der Waals surface area contributed by atoms with Crippen LogP contribution >= 0.6 is 0 Å². The van der Waals surface area contributed by atoms with Crippen molar-refractivity contribution >= 4 is 0 Å². The molecule has 2 rings (SSSR count). The van der Waals surface area contributed by atoms with E-state index in [-0.39, 0.29) is 5.82 Å². The van der Waals surface area contributed by atoms with E-state index in [1.807, 2.05) is 26.2 Å². The fourth-order valence-electron chi connectivity index (χ4n) is 2.02. The molecule has 0 fully saturated rings. The first-order valence-corrected chi connectivity index (χ1v) is 6.15. The van der Waals surface area contributed by atoms with Gasteiger partial charge in [-0.3, -0.25) is 4.68 Å². The van der Waals surface area contributed by atoms with Crippen molar-refractivity contribution in [3.63, 3.8) is 0 Å². The predicted molar refractivity (Wildman–Crippen MR) is 70.8 cm³/mol. The SMILES string of the molecule is CNCCCc1cc(-c2ccccc2F)n(C)n1. The van der Waals surface area contributed by atoms with Gasteiger partial charge in [0.25, 0.3) is 0 Å². The van der Waals surface area contributed by atoms with Crippen LogP contribution in [0.2, 0.25) is 0 Å². The molecule has 0 saturated carbocycles. The minimum absolute atomic E-state index is 0.206. The maximum Gasteiger partial charge on any atom is 0.132 e. The second-order valence-corrected chi connectivity index (χ2v) is 4.33. The Labute approximate surface area is 107 Å². The van der Waals surface area contributed by atoms with Crippen molar-refractivity contribution in [1.29, 1.82) is 0 Å². The van der Waals surface area contributed by atoms with Crippen LogP contribution in [-0.4, -0.2) is 23.4 Å². The Morgan fingerprint density at radius 2 is 2.11 bits per heavy atom. The van der Waals surface area contributed by atoms with Gasteiger partial charge in [0.15, 0.2) is 0 Å². The lowest BCUT2D eigenvalue weighted by atomic mass is 10.1. The summed E-state index contributed by atoms with van der Waals surface area (Å²) >= 11 is 0. The zero-order valence-electron chi connectivity index (χ0n) is 10.8. The van der Waals surface area contributed by atoms with E-state index < -0.39 is 0 Å². The summed E-state index contributed by atoms with van der Waals surface area (Å²) in [6, 6.07) is 8.76. The van der Waals surface area contributed by atoms with Gasteiger partial charge in [-0.15, -0.1) is 0 Å². The molecule has 0 aliphatic rings. The highest BCUT2D eigenvalue weighted by molar-refractivity contribution is 5.60. The third-order valence-corrected chi connectivity index (χ3v) is 2.94. The first-order valence-electron chi connectivity index (χ1n) is 6.15. The van der Waals surface area contributed by atoms with E-state index in [2.05, 4.69) is 10.4 Å². The Bertz CT molecular complexity index is 520. The molecule has 0 unspecified atom stereocenters. The molecule has 1 N–H and O–H groups in total. The normalized spacial score (nSPS) is 10.8. The summed E-state index contributed by atoms with van der Waals surface area (Å²) in [6.07, 6.45) is 1.94. The molecule has 1 aromatic heterocycles. The summed E-state index contributed by atoms with van der Waals surface area (Å²) < 4.78 is 15.5. The van der Waals surface area contributed by atoms with Crippen molar-refractivity contribution in [3.05, 3.63) is 41.8 Å². The lowest BCUT2D eigenvalue weighted by molar-refractivity contribution is 0.627. The van der Waals surface area contributed by atoms with Crippen molar-refractivity contribution in [1.82, 2.24) is 15.1 Å². The van der Waals surface area contributed by atoms with Crippen LogP contribution in [0.15, 0.2) is 30.3 Å². The fourth-order valence-corrected chi connectivity index (χ4v) is 2.02. The number of hydrogen-bond donors (Lipinski definition) is 1. The van der Waals surface area contributed by atoms with Gasteiger partial charge in [-0.1, -0.05) is 12.1 Å². The summed E-state index contributed by atoms with van der Waals surface area (Å²) in [7, 11) is 3.78. The van der Waals surface area contributed by atoms with Crippen LogP contribution in [-0.2, 0) is 13.5 Å². The van der Waals surface area contributed by atoms with E-state index >= 15 is 0 Å². The molecule has 4 heteroatoms. The Morgan fingerprint density at radius 1 is 1.33 bits per heavy atom. The van der Waals surface area contributed by atoms with Gasteiger partial charge in [0.1, 0.15) is 5.82 Å². The van der Waals surface area contributed by atoms with Gasteiger partial charge in [-0.2, -0.15) is 5.10 Å². The summed E-state index contributed by atoms with van der Waals surface area (Å²) in [5.74, 6) is -0.206. The largest absolute Gasteiger partial charge is 0.320 e. The average molecular weight is 247 g/mol. The van der Waals surface area contributed by atoms with Crippen LogP contribution in [0.25, 0.3) is 11.3 Å².